The summed E-state index contributed by atoms with van der Waals surface area (Å²) in [5.41, 5.74) is 6.00. The molecule has 0 radical (unpaired) electrons. The van der Waals surface area contributed by atoms with Gasteiger partial charge >= 0.3 is 5.97 Å². The van der Waals surface area contributed by atoms with Gasteiger partial charge in [-0.1, -0.05) is 0 Å². The van der Waals surface area contributed by atoms with E-state index in [2.05, 4.69) is 36.1 Å². The Labute approximate surface area is 97.9 Å². The molecular weight excluding hydrogens is 278 g/mol. The van der Waals surface area contributed by atoms with Crippen LogP contribution in [0.5, 0.6) is 0 Å². The number of aromatic nitrogens is 4. The molecule has 0 unspecified atom stereocenters. The number of aromatic carboxylic acids is 1. The fraction of sp³-hybridized carbons (Fsp3) is 0. The van der Waals surface area contributed by atoms with Crippen molar-refractivity contribution in [3.05, 3.63) is 22.6 Å². The van der Waals surface area contributed by atoms with E-state index in [0.717, 1.165) is 0 Å². The van der Waals surface area contributed by atoms with Crippen molar-refractivity contribution in [1.29, 1.82) is 0 Å². The second-order valence-corrected chi connectivity index (χ2v) is 3.69. The van der Waals surface area contributed by atoms with Gasteiger partial charge in [0.2, 0.25) is 0 Å². The molecule has 2 rings (SSSR count). The van der Waals surface area contributed by atoms with E-state index in [1.165, 1.54) is 12.4 Å². The van der Waals surface area contributed by atoms with Gasteiger partial charge in [0.05, 0.1) is 6.20 Å². The summed E-state index contributed by atoms with van der Waals surface area (Å²) in [7, 11) is 0. The lowest BCUT2D eigenvalue weighted by molar-refractivity contribution is 0.0698. The zero-order valence-corrected chi connectivity index (χ0v) is 9.39. The number of aromatic amines is 1. The monoisotopic (exact) mass is 283 g/mol. The first-order valence-electron chi connectivity index (χ1n) is 4.15. The third-order valence-electron chi connectivity index (χ3n) is 1.87. The largest absolute Gasteiger partial charge is 0.478 e. The Morgan fingerprint density at radius 3 is 2.94 bits per heavy atom. The van der Waals surface area contributed by atoms with E-state index in [1.54, 1.807) is 0 Å². The van der Waals surface area contributed by atoms with Gasteiger partial charge in [-0.15, -0.1) is 0 Å². The van der Waals surface area contributed by atoms with E-state index in [1.807, 2.05) is 0 Å². The molecule has 82 valence electrons. The standard InChI is InChI=1S/C8H6BrN5O2/c9-4-2-11-7(10)6(13-4)5-3(8(15)16)1-12-14-5/h1-2H,(H2,10,11)(H,12,14)(H,15,16). The van der Waals surface area contributed by atoms with E-state index in [-0.39, 0.29) is 22.8 Å². The molecule has 0 amide bonds. The Morgan fingerprint density at radius 1 is 1.50 bits per heavy atom. The molecule has 2 aromatic rings. The fourth-order valence-electron chi connectivity index (χ4n) is 1.18. The van der Waals surface area contributed by atoms with Crippen LogP contribution in [0.1, 0.15) is 10.4 Å². The second-order valence-electron chi connectivity index (χ2n) is 2.88. The minimum atomic E-state index is -1.11. The van der Waals surface area contributed by atoms with Crippen LogP contribution in [-0.2, 0) is 0 Å². The smallest absolute Gasteiger partial charge is 0.339 e. The van der Waals surface area contributed by atoms with Gasteiger partial charge < -0.3 is 10.8 Å². The predicted octanol–water partition coefficient (Wildman–Crippen LogP) is 0.910. The molecule has 0 aliphatic heterocycles. The molecule has 0 aliphatic carbocycles. The number of halogens is 1. The third kappa shape index (κ3) is 1.74. The summed E-state index contributed by atoms with van der Waals surface area (Å²) >= 11 is 3.13. The van der Waals surface area contributed by atoms with E-state index in [0.29, 0.717) is 4.60 Å². The summed E-state index contributed by atoms with van der Waals surface area (Å²) in [6, 6.07) is 0. The topological polar surface area (TPSA) is 118 Å². The van der Waals surface area contributed by atoms with Gasteiger partial charge in [0.1, 0.15) is 21.6 Å². The lowest BCUT2D eigenvalue weighted by Crippen LogP contribution is -2.02. The highest BCUT2D eigenvalue weighted by molar-refractivity contribution is 9.10. The van der Waals surface area contributed by atoms with Gasteiger partial charge in [-0.2, -0.15) is 5.10 Å². The molecule has 0 atom stereocenters. The van der Waals surface area contributed by atoms with Crippen molar-refractivity contribution in [2.45, 2.75) is 0 Å². The van der Waals surface area contributed by atoms with Crippen LogP contribution >= 0.6 is 15.9 Å². The number of H-pyrrole nitrogens is 1. The first-order valence-corrected chi connectivity index (χ1v) is 4.94. The highest BCUT2D eigenvalue weighted by Crippen LogP contribution is 2.24. The van der Waals surface area contributed by atoms with Gasteiger partial charge in [-0.3, -0.25) is 5.10 Å². The normalized spacial score (nSPS) is 10.3. The van der Waals surface area contributed by atoms with Crippen LogP contribution in [0.25, 0.3) is 11.4 Å². The second kappa shape index (κ2) is 3.89. The van der Waals surface area contributed by atoms with Crippen LogP contribution in [-0.4, -0.2) is 31.2 Å². The maximum atomic E-state index is 10.9. The number of nitrogens with zero attached hydrogens (tertiary/aromatic N) is 3. The van der Waals surface area contributed by atoms with E-state index in [9.17, 15) is 4.79 Å². The molecule has 2 heterocycles. The van der Waals surface area contributed by atoms with Crippen LogP contribution in [0, 0.1) is 0 Å². The van der Waals surface area contributed by atoms with Crippen molar-refractivity contribution in [3.63, 3.8) is 0 Å². The maximum Gasteiger partial charge on any atom is 0.339 e. The van der Waals surface area contributed by atoms with Crippen molar-refractivity contribution < 1.29 is 9.90 Å². The molecule has 0 fully saturated rings. The summed E-state index contributed by atoms with van der Waals surface area (Å²) < 4.78 is 0.455. The molecule has 0 spiro atoms. The lowest BCUT2D eigenvalue weighted by atomic mass is 10.2. The number of nitrogens with two attached hydrogens (primary N) is 1. The Kier molecular flexibility index (Phi) is 2.57. The van der Waals surface area contributed by atoms with Crippen LogP contribution in [0.15, 0.2) is 17.0 Å². The number of nitrogens with one attached hydrogen (secondary N) is 1. The summed E-state index contributed by atoms with van der Waals surface area (Å²) in [6.07, 6.45) is 2.69. The highest BCUT2D eigenvalue weighted by atomic mass is 79.9. The Balaban J connectivity index is 2.62. The van der Waals surface area contributed by atoms with E-state index >= 15 is 0 Å². The van der Waals surface area contributed by atoms with Gasteiger partial charge in [0, 0.05) is 6.20 Å². The molecule has 0 aliphatic rings. The van der Waals surface area contributed by atoms with Crippen molar-refractivity contribution in [1.82, 2.24) is 20.2 Å². The summed E-state index contributed by atoms with van der Waals surface area (Å²) in [5, 5.41) is 15.2. The zero-order chi connectivity index (χ0) is 11.7. The molecule has 4 N–H and O–H groups in total. The Bertz CT molecular complexity index is 553. The Hall–Kier alpha value is -1.96. The van der Waals surface area contributed by atoms with Crippen LogP contribution < -0.4 is 5.73 Å². The number of rotatable bonds is 2. The third-order valence-corrected chi connectivity index (χ3v) is 2.25. The number of nitrogen functional groups attached to an aromatic ring is 1. The van der Waals surface area contributed by atoms with Gasteiger partial charge in [-0.05, 0) is 15.9 Å². The average molecular weight is 284 g/mol. The first kappa shape index (κ1) is 10.6. The van der Waals surface area contributed by atoms with Crippen LogP contribution in [0.2, 0.25) is 0 Å². The quantitative estimate of drug-likeness (QED) is 0.754. The number of hydrogen-bond donors (Lipinski definition) is 3. The Morgan fingerprint density at radius 2 is 2.25 bits per heavy atom. The fourth-order valence-corrected chi connectivity index (χ4v) is 1.46. The van der Waals surface area contributed by atoms with Crippen molar-refractivity contribution in [2.24, 2.45) is 0 Å². The summed E-state index contributed by atoms with van der Waals surface area (Å²) in [4.78, 5) is 18.8. The maximum absolute atomic E-state index is 10.9. The minimum Gasteiger partial charge on any atom is -0.478 e. The average Bonchev–Trinajstić information content (AvgIpc) is 2.70. The van der Waals surface area contributed by atoms with E-state index < -0.39 is 5.97 Å². The number of anilines is 1. The van der Waals surface area contributed by atoms with Crippen molar-refractivity contribution in [3.8, 4) is 11.4 Å². The molecule has 0 bridgehead atoms. The summed E-state index contributed by atoms with van der Waals surface area (Å²) in [6.45, 7) is 0. The number of carbonyl (C=O) groups is 1. The lowest BCUT2D eigenvalue weighted by Gasteiger charge is -2.01. The van der Waals surface area contributed by atoms with Crippen molar-refractivity contribution >= 4 is 27.7 Å². The first-order chi connectivity index (χ1) is 7.59. The molecule has 0 saturated heterocycles. The molecule has 0 aromatic carbocycles. The molecule has 8 heteroatoms. The summed E-state index contributed by atoms with van der Waals surface area (Å²) in [5.74, 6) is -0.984. The highest BCUT2D eigenvalue weighted by Gasteiger charge is 2.18. The number of hydrogen-bond acceptors (Lipinski definition) is 5. The minimum absolute atomic E-state index is 0.000833. The molecule has 7 nitrogen and oxygen atoms in total. The predicted molar refractivity (Wildman–Crippen MR) is 58.7 cm³/mol. The molecule has 0 saturated carbocycles. The number of carboxylic acid groups (broad SMARTS) is 1. The van der Waals surface area contributed by atoms with Crippen LogP contribution in [0.4, 0.5) is 5.82 Å². The SMILES string of the molecule is Nc1ncc(Br)nc1-c1n[nH]cc1C(=O)O. The molecular formula is C8H6BrN5O2. The molecule has 16 heavy (non-hydrogen) atoms. The number of carboxylic acids is 1. The van der Waals surface area contributed by atoms with Gasteiger partial charge in [-0.25, -0.2) is 14.8 Å². The van der Waals surface area contributed by atoms with Crippen LogP contribution in [0.3, 0.4) is 0 Å². The van der Waals surface area contributed by atoms with Gasteiger partial charge in [0.25, 0.3) is 0 Å². The molecule has 2 aromatic heterocycles. The van der Waals surface area contributed by atoms with E-state index in [4.69, 9.17) is 10.8 Å². The zero-order valence-electron chi connectivity index (χ0n) is 7.81. The van der Waals surface area contributed by atoms with Crippen molar-refractivity contribution in [2.75, 3.05) is 5.73 Å². The van der Waals surface area contributed by atoms with Gasteiger partial charge in [0.15, 0.2) is 5.82 Å².